The van der Waals surface area contributed by atoms with Gasteiger partial charge in [-0.05, 0) is 49.1 Å². The Balaban J connectivity index is 1.90. The third-order valence-corrected chi connectivity index (χ3v) is 5.12. The smallest absolute Gasteiger partial charge is 0.229 e. The van der Waals surface area contributed by atoms with Crippen LogP contribution in [-0.2, 0) is 11.2 Å². The van der Waals surface area contributed by atoms with Gasteiger partial charge in [-0.15, -0.1) is 22.9 Å². The van der Waals surface area contributed by atoms with Gasteiger partial charge in [0.25, 0.3) is 0 Å². The van der Waals surface area contributed by atoms with Crippen molar-refractivity contribution in [3.05, 3.63) is 21.9 Å². The van der Waals surface area contributed by atoms with Crippen molar-refractivity contribution in [1.29, 1.82) is 0 Å². The van der Waals surface area contributed by atoms with Crippen LogP contribution in [0.4, 0.5) is 0 Å². The van der Waals surface area contributed by atoms with Gasteiger partial charge in [0.15, 0.2) is 0 Å². The van der Waals surface area contributed by atoms with E-state index in [2.05, 4.69) is 11.4 Å². The number of hydrogen-bond acceptors (Lipinski definition) is 2. The highest BCUT2D eigenvalue weighted by Crippen LogP contribution is 2.35. The normalized spacial score (nSPS) is 18.1. The molecule has 0 N–H and O–H groups in total. The zero-order chi connectivity index (χ0) is 13.7. The molecule has 1 aromatic rings. The first-order valence-corrected chi connectivity index (χ1v) is 8.52. The van der Waals surface area contributed by atoms with E-state index in [-0.39, 0.29) is 5.92 Å². The Labute approximate surface area is 124 Å². The molecule has 0 saturated heterocycles. The molecule has 4 heteroatoms. The Bertz CT molecular complexity index is 418. The average Bonchev–Trinajstić information content (AvgIpc) is 2.90. The van der Waals surface area contributed by atoms with E-state index in [9.17, 15) is 4.79 Å². The molecule has 1 unspecified atom stereocenters. The summed E-state index contributed by atoms with van der Waals surface area (Å²) in [5, 5.41) is 2.12. The highest BCUT2D eigenvalue weighted by molar-refractivity contribution is 7.10. The number of halogens is 1. The van der Waals surface area contributed by atoms with Crippen LogP contribution in [0.5, 0.6) is 0 Å². The zero-order valence-electron chi connectivity index (χ0n) is 11.5. The van der Waals surface area contributed by atoms with Crippen LogP contribution in [0, 0.1) is 0 Å². The van der Waals surface area contributed by atoms with E-state index in [1.165, 1.54) is 10.4 Å². The predicted molar refractivity (Wildman–Crippen MR) is 82.2 cm³/mol. The van der Waals surface area contributed by atoms with E-state index in [1.807, 2.05) is 11.9 Å². The molecule has 0 radical (unpaired) electrons. The number of likely N-dealkylation sites (N-methyl/N-ethyl adjacent to an activating group) is 1. The standard InChI is InChI=1S/C15H22ClNOS/c1-17(10-4-2-3-9-16)15(18)13-6-5-7-14-12(13)8-11-19-14/h8,11,13H,2-7,9-10H2,1H3. The highest BCUT2D eigenvalue weighted by atomic mass is 35.5. The number of rotatable bonds is 6. The van der Waals surface area contributed by atoms with Crippen LogP contribution in [0.2, 0.25) is 0 Å². The minimum Gasteiger partial charge on any atom is -0.345 e. The van der Waals surface area contributed by atoms with Gasteiger partial charge in [0.05, 0.1) is 5.92 Å². The predicted octanol–water partition coefficient (Wildman–Crippen LogP) is 4.04. The topological polar surface area (TPSA) is 20.3 Å². The molecule has 0 aliphatic heterocycles. The quantitative estimate of drug-likeness (QED) is 0.573. The maximum Gasteiger partial charge on any atom is 0.229 e. The molecule has 0 aromatic carbocycles. The van der Waals surface area contributed by atoms with Gasteiger partial charge < -0.3 is 4.90 Å². The first-order valence-electron chi connectivity index (χ1n) is 7.11. The number of alkyl halides is 1. The summed E-state index contributed by atoms with van der Waals surface area (Å²) < 4.78 is 0. The molecule has 1 aromatic heterocycles. The molecule has 0 fully saturated rings. The molecule has 1 atom stereocenters. The molecule has 0 spiro atoms. The summed E-state index contributed by atoms with van der Waals surface area (Å²) in [4.78, 5) is 15.9. The largest absolute Gasteiger partial charge is 0.345 e. The second-order valence-corrected chi connectivity index (χ2v) is 6.63. The van der Waals surface area contributed by atoms with Gasteiger partial charge in [-0.3, -0.25) is 4.79 Å². The number of unbranched alkanes of at least 4 members (excludes halogenated alkanes) is 2. The fraction of sp³-hybridized carbons (Fsp3) is 0.667. The number of carbonyl (C=O) groups excluding carboxylic acids is 1. The van der Waals surface area contributed by atoms with Gasteiger partial charge in [-0.2, -0.15) is 0 Å². The molecule has 1 amide bonds. The number of amides is 1. The van der Waals surface area contributed by atoms with Gasteiger partial charge in [-0.25, -0.2) is 0 Å². The lowest BCUT2D eigenvalue weighted by Gasteiger charge is -2.27. The van der Waals surface area contributed by atoms with Crippen LogP contribution < -0.4 is 0 Å². The van der Waals surface area contributed by atoms with Gasteiger partial charge >= 0.3 is 0 Å². The molecule has 0 bridgehead atoms. The van der Waals surface area contributed by atoms with Crippen molar-refractivity contribution in [2.75, 3.05) is 19.5 Å². The van der Waals surface area contributed by atoms with Crippen molar-refractivity contribution >= 4 is 28.8 Å². The Morgan fingerprint density at radius 2 is 2.32 bits per heavy atom. The minimum atomic E-state index is 0.105. The number of aryl methyl sites for hydroxylation is 1. The molecule has 2 rings (SSSR count). The first-order chi connectivity index (χ1) is 9.24. The van der Waals surface area contributed by atoms with Gasteiger partial charge in [0.1, 0.15) is 0 Å². The fourth-order valence-corrected chi connectivity index (χ4v) is 3.92. The van der Waals surface area contributed by atoms with Crippen molar-refractivity contribution in [1.82, 2.24) is 4.90 Å². The fourth-order valence-electron chi connectivity index (χ4n) is 2.74. The van der Waals surface area contributed by atoms with E-state index in [0.717, 1.165) is 50.9 Å². The van der Waals surface area contributed by atoms with Gasteiger partial charge in [-0.1, -0.05) is 6.42 Å². The van der Waals surface area contributed by atoms with E-state index in [0.29, 0.717) is 5.91 Å². The second-order valence-electron chi connectivity index (χ2n) is 5.25. The van der Waals surface area contributed by atoms with Crippen LogP contribution in [0.15, 0.2) is 11.4 Å². The van der Waals surface area contributed by atoms with Crippen molar-refractivity contribution in [3.8, 4) is 0 Å². The second kappa shape index (κ2) is 7.30. The zero-order valence-corrected chi connectivity index (χ0v) is 13.1. The summed E-state index contributed by atoms with van der Waals surface area (Å²) in [6.45, 7) is 0.853. The lowest BCUT2D eigenvalue weighted by atomic mass is 9.87. The van der Waals surface area contributed by atoms with E-state index in [1.54, 1.807) is 11.3 Å². The van der Waals surface area contributed by atoms with Crippen molar-refractivity contribution in [3.63, 3.8) is 0 Å². The Morgan fingerprint density at radius 1 is 1.47 bits per heavy atom. The average molecular weight is 300 g/mol. The molecule has 1 heterocycles. The molecule has 106 valence electrons. The number of nitrogens with zero attached hydrogens (tertiary/aromatic N) is 1. The van der Waals surface area contributed by atoms with Crippen LogP contribution in [-0.4, -0.2) is 30.3 Å². The van der Waals surface area contributed by atoms with Crippen molar-refractivity contribution in [2.24, 2.45) is 0 Å². The third kappa shape index (κ3) is 3.73. The monoisotopic (exact) mass is 299 g/mol. The summed E-state index contributed by atoms with van der Waals surface area (Å²) in [6.07, 6.45) is 6.50. The molecule has 1 aliphatic carbocycles. The third-order valence-electron chi connectivity index (χ3n) is 3.85. The maximum absolute atomic E-state index is 12.5. The molecular weight excluding hydrogens is 278 g/mol. The SMILES string of the molecule is CN(CCCCCCl)C(=O)C1CCCc2sccc21. The maximum atomic E-state index is 12.5. The van der Waals surface area contributed by atoms with Crippen LogP contribution >= 0.6 is 22.9 Å². The summed E-state index contributed by atoms with van der Waals surface area (Å²) in [6, 6.07) is 2.14. The Hall–Kier alpha value is -0.540. The summed E-state index contributed by atoms with van der Waals surface area (Å²) in [5.74, 6) is 1.12. The molecule has 1 aliphatic rings. The van der Waals surface area contributed by atoms with Crippen molar-refractivity contribution < 1.29 is 4.79 Å². The van der Waals surface area contributed by atoms with Crippen LogP contribution in [0.25, 0.3) is 0 Å². The van der Waals surface area contributed by atoms with Crippen LogP contribution in [0.1, 0.15) is 48.5 Å². The highest BCUT2D eigenvalue weighted by Gasteiger charge is 2.29. The van der Waals surface area contributed by atoms with Gasteiger partial charge in [0.2, 0.25) is 5.91 Å². The van der Waals surface area contributed by atoms with E-state index >= 15 is 0 Å². The number of thiophene rings is 1. The lowest BCUT2D eigenvalue weighted by Crippen LogP contribution is -2.33. The summed E-state index contributed by atoms with van der Waals surface area (Å²) in [5.41, 5.74) is 1.29. The number of carbonyl (C=O) groups is 1. The van der Waals surface area contributed by atoms with Gasteiger partial charge in [0, 0.05) is 24.3 Å². The Kier molecular flexibility index (Phi) is 5.71. The summed E-state index contributed by atoms with van der Waals surface area (Å²) in [7, 11) is 1.93. The molecular formula is C15H22ClNOS. The van der Waals surface area contributed by atoms with Crippen molar-refractivity contribution in [2.45, 2.75) is 44.4 Å². The number of fused-ring (bicyclic) bond motifs is 1. The first kappa shape index (κ1) is 14.9. The van der Waals surface area contributed by atoms with E-state index in [4.69, 9.17) is 11.6 Å². The van der Waals surface area contributed by atoms with Crippen LogP contribution in [0.3, 0.4) is 0 Å². The lowest BCUT2D eigenvalue weighted by molar-refractivity contribution is -0.131. The molecule has 0 saturated carbocycles. The Morgan fingerprint density at radius 3 is 3.11 bits per heavy atom. The molecule has 19 heavy (non-hydrogen) atoms. The molecule has 2 nitrogen and oxygen atoms in total. The number of hydrogen-bond donors (Lipinski definition) is 0. The van der Waals surface area contributed by atoms with E-state index < -0.39 is 0 Å². The minimum absolute atomic E-state index is 0.105. The summed E-state index contributed by atoms with van der Waals surface area (Å²) >= 11 is 7.46.